The van der Waals surface area contributed by atoms with Crippen molar-refractivity contribution in [3.8, 4) is 0 Å². The summed E-state index contributed by atoms with van der Waals surface area (Å²) in [7, 11) is 0. The van der Waals surface area contributed by atoms with Gasteiger partial charge < -0.3 is 4.98 Å². The molecule has 0 saturated heterocycles. The SMILES string of the molecule is CCSc1nc(=S)c(C)c(C)[nH]1. The summed E-state index contributed by atoms with van der Waals surface area (Å²) in [6.07, 6.45) is 0. The highest BCUT2D eigenvalue weighted by Crippen LogP contribution is 2.14. The Bertz CT molecular complexity index is 330. The Morgan fingerprint density at radius 3 is 2.67 bits per heavy atom. The van der Waals surface area contributed by atoms with Gasteiger partial charge in [0.25, 0.3) is 0 Å². The second-order valence-corrected chi connectivity index (χ2v) is 4.17. The summed E-state index contributed by atoms with van der Waals surface area (Å²) in [5.41, 5.74) is 2.19. The van der Waals surface area contributed by atoms with Crippen molar-refractivity contribution >= 4 is 24.0 Å². The van der Waals surface area contributed by atoms with Crippen molar-refractivity contribution in [1.82, 2.24) is 9.97 Å². The molecule has 0 saturated carbocycles. The first-order chi connectivity index (χ1) is 5.65. The smallest absolute Gasteiger partial charge is 0.166 e. The molecule has 0 aliphatic rings. The molecule has 0 bridgehead atoms. The van der Waals surface area contributed by atoms with Gasteiger partial charge >= 0.3 is 0 Å². The van der Waals surface area contributed by atoms with Crippen molar-refractivity contribution in [2.24, 2.45) is 0 Å². The molecule has 0 radical (unpaired) electrons. The Labute approximate surface area is 81.8 Å². The fourth-order valence-corrected chi connectivity index (χ4v) is 1.78. The highest BCUT2D eigenvalue weighted by molar-refractivity contribution is 7.99. The van der Waals surface area contributed by atoms with E-state index >= 15 is 0 Å². The molecular weight excluding hydrogens is 188 g/mol. The quantitative estimate of drug-likeness (QED) is 0.452. The second kappa shape index (κ2) is 4.05. The normalized spacial score (nSPS) is 10.2. The Morgan fingerprint density at radius 1 is 1.50 bits per heavy atom. The van der Waals surface area contributed by atoms with Crippen LogP contribution >= 0.6 is 24.0 Å². The van der Waals surface area contributed by atoms with Crippen LogP contribution in [0.5, 0.6) is 0 Å². The highest BCUT2D eigenvalue weighted by Gasteiger charge is 1.99. The van der Waals surface area contributed by atoms with E-state index in [4.69, 9.17) is 12.2 Å². The van der Waals surface area contributed by atoms with Gasteiger partial charge in [0, 0.05) is 11.3 Å². The number of thioether (sulfide) groups is 1. The first-order valence-electron chi connectivity index (χ1n) is 3.85. The van der Waals surface area contributed by atoms with Crippen LogP contribution < -0.4 is 0 Å². The van der Waals surface area contributed by atoms with E-state index in [0.29, 0.717) is 4.64 Å². The molecule has 66 valence electrons. The van der Waals surface area contributed by atoms with E-state index in [2.05, 4.69) is 16.9 Å². The Kier molecular flexibility index (Phi) is 3.29. The fourth-order valence-electron chi connectivity index (χ4n) is 0.824. The van der Waals surface area contributed by atoms with Gasteiger partial charge in [0.1, 0.15) is 4.64 Å². The number of aryl methyl sites for hydroxylation is 1. The number of aromatic amines is 1. The first-order valence-corrected chi connectivity index (χ1v) is 5.25. The zero-order valence-corrected chi connectivity index (χ0v) is 9.10. The van der Waals surface area contributed by atoms with Gasteiger partial charge in [-0.05, 0) is 19.6 Å². The average Bonchev–Trinajstić information content (AvgIpc) is 2.01. The third kappa shape index (κ3) is 2.08. The summed E-state index contributed by atoms with van der Waals surface area (Å²) in [5.74, 6) is 1.01. The third-order valence-electron chi connectivity index (χ3n) is 1.66. The molecule has 1 N–H and O–H groups in total. The lowest BCUT2D eigenvalue weighted by molar-refractivity contribution is 0.903. The molecule has 2 nitrogen and oxygen atoms in total. The maximum atomic E-state index is 5.10. The van der Waals surface area contributed by atoms with Crippen LogP contribution in [0.1, 0.15) is 18.2 Å². The van der Waals surface area contributed by atoms with Gasteiger partial charge in [-0.25, -0.2) is 4.98 Å². The predicted octanol–water partition coefficient (Wildman–Crippen LogP) is 2.87. The van der Waals surface area contributed by atoms with Crippen molar-refractivity contribution in [1.29, 1.82) is 0 Å². The van der Waals surface area contributed by atoms with Crippen molar-refractivity contribution in [2.45, 2.75) is 25.9 Å². The van der Waals surface area contributed by atoms with Gasteiger partial charge in [0.15, 0.2) is 5.16 Å². The summed E-state index contributed by atoms with van der Waals surface area (Å²) < 4.78 is 0.710. The van der Waals surface area contributed by atoms with Gasteiger partial charge in [-0.2, -0.15) is 0 Å². The lowest BCUT2D eigenvalue weighted by Gasteiger charge is -2.03. The Morgan fingerprint density at radius 2 is 2.17 bits per heavy atom. The molecular formula is C8H12N2S2. The van der Waals surface area contributed by atoms with Gasteiger partial charge in [0.2, 0.25) is 0 Å². The molecule has 1 rings (SSSR count). The van der Waals surface area contributed by atoms with Crippen LogP contribution in [-0.2, 0) is 0 Å². The molecule has 1 aromatic heterocycles. The summed E-state index contributed by atoms with van der Waals surface area (Å²) in [5, 5.41) is 0.922. The second-order valence-electron chi connectivity index (χ2n) is 2.53. The highest BCUT2D eigenvalue weighted by atomic mass is 32.2. The summed E-state index contributed by atoms with van der Waals surface area (Å²) >= 11 is 6.78. The van der Waals surface area contributed by atoms with E-state index < -0.39 is 0 Å². The molecule has 12 heavy (non-hydrogen) atoms. The summed E-state index contributed by atoms with van der Waals surface area (Å²) in [6.45, 7) is 6.10. The van der Waals surface area contributed by atoms with Crippen LogP contribution in [-0.4, -0.2) is 15.7 Å². The number of nitrogens with zero attached hydrogens (tertiary/aromatic N) is 1. The molecule has 0 aliphatic heterocycles. The van der Waals surface area contributed by atoms with Crippen molar-refractivity contribution in [3.63, 3.8) is 0 Å². The van der Waals surface area contributed by atoms with E-state index in [1.54, 1.807) is 11.8 Å². The lowest BCUT2D eigenvalue weighted by atomic mass is 10.3. The Hall–Kier alpha value is -0.350. The first kappa shape index (κ1) is 9.74. The van der Waals surface area contributed by atoms with Crippen molar-refractivity contribution in [3.05, 3.63) is 15.9 Å². The molecule has 1 aromatic rings. The maximum Gasteiger partial charge on any atom is 0.166 e. The minimum Gasteiger partial charge on any atom is -0.338 e. The van der Waals surface area contributed by atoms with Crippen LogP contribution in [0.2, 0.25) is 0 Å². The largest absolute Gasteiger partial charge is 0.338 e. The standard InChI is InChI=1S/C8H12N2S2/c1-4-12-8-9-6(3)5(2)7(11)10-8/h4H2,1-3H3,(H,9,10,11). The molecule has 0 atom stereocenters. The zero-order valence-electron chi connectivity index (χ0n) is 7.47. The monoisotopic (exact) mass is 200 g/mol. The van der Waals surface area contributed by atoms with Crippen LogP contribution in [0.3, 0.4) is 0 Å². The molecule has 0 spiro atoms. The minimum absolute atomic E-state index is 0.710. The average molecular weight is 200 g/mol. The van der Waals surface area contributed by atoms with E-state index in [0.717, 1.165) is 22.2 Å². The maximum absolute atomic E-state index is 5.10. The van der Waals surface area contributed by atoms with E-state index in [1.165, 1.54) is 0 Å². The van der Waals surface area contributed by atoms with Crippen LogP contribution in [0.25, 0.3) is 0 Å². The molecule has 0 aliphatic carbocycles. The predicted molar refractivity (Wildman–Crippen MR) is 55.3 cm³/mol. The van der Waals surface area contributed by atoms with Crippen molar-refractivity contribution < 1.29 is 0 Å². The number of aromatic nitrogens is 2. The molecule has 0 fully saturated rings. The van der Waals surface area contributed by atoms with Crippen LogP contribution in [0.15, 0.2) is 5.16 Å². The van der Waals surface area contributed by atoms with Crippen LogP contribution in [0, 0.1) is 18.5 Å². The molecule has 1 heterocycles. The van der Waals surface area contributed by atoms with Gasteiger partial charge in [-0.1, -0.05) is 30.9 Å². The third-order valence-corrected chi connectivity index (χ3v) is 2.81. The molecule has 0 unspecified atom stereocenters. The topological polar surface area (TPSA) is 28.7 Å². The summed E-state index contributed by atoms with van der Waals surface area (Å²) in [4.78, 5) is 7.45. The molecule has 0 amide bonds. The number of hydrogen-bond donors (Lipinski definition) is 1. The van der Waals surface area contributed by atoms with Gasteiger partial charge in [-0.15, -0.1) is 0 Å². The molecule has 0 aromatic carbocycles. The summed E-state index contributed by atoms with van der Waals surface area (Å²) in [6, 6.07) is 0. The van der Waals surface area contributed by atoms with Crippen molar-refractivity contribution in [2.75, 3.05) is 5.75 Å². The lowest BCUT2D eigenvalue weighted by Crippen LogP contribution is -1.94. The van der Waals surface area contributed by atoms with E-state index in [9.17, 15) is 0 Å². The van der Waals surface area contributed by atoms with E-state index in [-0.39, 0.29) is 0 Å². The minimum atomic E-state index is 0.710. The number of hydrogen-bond acceptors (Lipinski definition) is 3. The van der Waals surface area contributed by atoms with Gasteiger partial charge in [0.05, 0.1) is 0 Å². The Balaban J connectivity index is 3.13. The van der Waals surface area contributed by atoms with E-state index in [1.807, 2.05) is 13.8 Å². The van der Waals surface area contributed by atoms with Gasteiger partial charge in [-0.3, -0.25) is 0 Å². The number of nitrogens with one attached hydrogen (secondary N) is 1. The zero-order chi connectivity index (χ0) is 9.14. The fraction of sp³-hybridized carbons (Fsp3) is 0.500. The molecule has 4 heteroatoms. The van der Waals surface area contributed by atoms with Crippen LogP contribution in [0.4, 0.5) is 0 Å². The number of rotatable bonds is 2. The number of H-pyrrole nitrogens is 1.